The van der Waals surface area contributed by atoms with Crippen LogP contribution < -0.4 is 11.1 Å². The predicted molar refractivity (Wildman–Crippen MR) is 147 cm³/mol. The first-order valence-corrected chi connectivity index (χ1v) is 13.4. The van der Waals surface area contributed by atoms with Crippen LogP contribution in [0.1, 0.15) is 43.7 Å². The molecule has 8 nitrogen and oxygen atoms in total. The van der Waals surface area contributed by atoms with E-state index in [9.17, 15) is 18.8 Å². The lowest BCUT2D eigenvalue weighted by atomic mass is 9.69. The minimum absolute atomic E-state index is 0.00497. The smallest absolute Gasteiger partial charge is 0.245 e. The van der Waals surface area contributed by atoms with Crippen LogP contribution in [0.2, 0.25) is 0 Å². The highest BCUT2D eigenvalue weighted by molar-refractivity contribution is 5.93. The van der Waals surface area contributed by atoms with Gasteiger partial charge in [0.05, 0.1) is 11.0 Å². The number of fused-ring (bicyclic) bond motifs is 1. The molecular weight excluding hydrogens is 497 g/mol. The molecule has 0 radical (unpaired) electrons. The van der Waals surface area contributed by atoms with E-state index in [1.54, 1.807) is 42.8 Å². The third kappa shape index (κ3) is 5.03. The molecule has 3 amide bonds. The Kier molecular flexibility index (Phi) is 6.97. The lowest BCUT2D eigenvalue weighted by molar-refractivity contribution is -0.145. The molecule has 2 aromatic carbocycles. The second-order valence-corrected chi connectivity index (χ2v) is 11.6. The zero-order valence-electron chi connectivity index (χ0n) is 22.7. The monoisotopic (exact) mass is 533 g/mol. The molecule has 39 heavy (non-hydrogen) atoms. The number of rotatable bonds is 6. The lowest BCUT2D eigenvalue weighted by Crippen LogP contribution is -2.59. The van der Waals surface area contributed by atoms with Crippen molar-refractivity contribution < 1.29 is 18.8 Å². The SMILES string of the molecule is CN1CC(c2ccc(F)cc2)C2(CCCN(C(=O)C(Cc3c[nH]c4ccccc34)NC(=O)C(C)(C)N)C2)C1=O. The van der Waals surface area contributed by atoms with E-state index in [0.29, 0.717) is 25.9 Å². The minimum Gasteiger partial charge on any atom is -0.361 e. The molecule has 1 aromatic heterocycles. The fourth-order valence-electron chi connectivity index (χ4n) is 6.20. The zero-order chi connectivity index (χ0) is 27.9. The van der Waals surface area contributed by atoms with Crippen molar-refractivity contribution in [3.63, 3.8) is 0 Å². The van der Waals surface area contributed by atoms with Crippen molar-refractivity contribution in [1.29, 1.82) is 0 Å². The molecule has 3 unspecified atom stereocenters. The van der Waals surface area contributed by atoms with Crippen molar-refractivity contribution in [1.82, 2.24) is 20.1 Å². The van der Waals surface area contributed by atoms with E-state index >= 15 is 0 Å². The molecule has 4 N–H and O–H groups in total. The van der Waals surface area contributed by atoms with Gasteiger partial charge in [-0.3, -0.25) is 14.4 Å². The van der Waals surface area contributed by atoms with Crippen LogP contribution in [0.4, 0.5) is 4.39 Å². The Bertz CT molecular complexity index is 1400. The van der Waals surface area contributed by atoms with Gasteiger partial charge in [-0.15, -0.1) is 0 Å². The first-order chi connectivity index (χ1) is 18.5. The molecule has 1 spiro atoms. The Labute approximate surface area is 227 Å². The molecule has 3 atom stereocenters. The van der Waals surface area contributed by atoms with Gasteiger partial charge >= 0.3 is 0 Å². The van der Waals surface area contributed by atoms with E-state index in [1.165, 1.54) is 12.1 Å². The fourth-order valence-corrected chi connectivity index (χ4v) is 6.20. The standard InChI is InChI=1S/C30H36FN5O3/c1-29(2,32)27(38)34-25(15-20-16-33-24-8-5-4-7-22(20)24)26(37)36-14-6-13-30(18-36)23(17-35(3)28(30)39)19-9-11-21(31)12-10-19/h4-5,7-12,16,23,25,33H,6,13-15,17-18,32H2,1-3H3,(H,34,38). The summed E-state index contributed by atoms with van der Waals surface area (Å²) in [7, 11) is 1.78. The number of para-hydroxylation sites is 1. The number of hydrogen-bond donors (Lipinski definition) is 3. The van der Waals surface area contributed by atoms with Crippen molar-refractivity contribution in [2.45, 2.75) is 50.6 Å². The van der Waals surface area contributed by atoms with Crippen molar-refractivity contribution in [3.05, 3.63) is 71.7 Å². The number of hydrogen-bond acceptors (Lipinski definition) is 4. The second-order valence-electron chi connectivity index (χ2n) is 11.6. The van der Waals surface area contributed by atoms with Gasteiger partial charge in [0.2, 0.25) is 17.7 Å². The molecule has 2 saturated heterocycles. The quantitative estimate of drug-likeness (QED) is 0.452. The highest BCUT2D eigenvalue weighted by Crippen LogP contribution is 2.49. The summed E-state index contributed by atoms with van der Waals surface area (Å²) in [5.41, 5.74) is 6.84. The van der Waals surface area contributed by atoms with Crippen LogP contribution in [0.15, 0.2) is 54.7 Å². The number of nitrogens with zero attached hydrogens (tertiary/aromatic N) is 2. The number of likely N-dealkylation sites (N-methyl/N-ethyl adjacent to an activating group) is 1. The van der Waals surface area contributed by atoms with Gasteiger partial charge in [-0.05, 0) is 56.0 Å². The van der Waals surface area contributed by atoms with E-state index in [-0.39, 0.29) is 36.5 Å². The van der Waals surface area contributed by atoms with Crippen molar-refractivity contribution in [2.24, 2.45) is 11.1 Å². The van der Waals surface area contributed by atoms with Crippen LogP contribution >= 0.6 is 0 Å². The first kappa shape index (κ1) is 26.9. The number of carbonyl (C=O) groups excluding carboxylic acids is 3. The van der Waals surface area contributed by atoms with Crippen LogP contribution in [-0.2, 0) is 20.8 Å². The Hall–Kier alpha value is -3.72. The topological polar surface area (TPSA) is 112 Å². The normalized spacial score (nSPS) is 22.5. The molecular formula is C30H36FN5O3. The number of aromatic nitrogens is 1. The van der Waals surface area contributed by atoms with Crippen molar-refractivity contribution >= 4 is 28.6 Å². The number of halogens is 1. The van der Waals surface area contributed by atoms with Gasteiger partial charge in [-0.2, -0.15) is 0 Å². The highest BCUT2D eigenvalue weighted by Gasteiger charge is 2.56. The lowest BCUT2D eigenvalue weighted by Gasteiger charge is -2.43. The summed E-state index contributed by atoms with van der Waals surface area (Å²) >= 11 is 0. The van der Waals surface area contributed by atoms with Gasteiger partial charge in [0.15, 0.2) is 0 Å². The van der Waals surface area contributed by atoms with Gasteiger partial charge in [0, 0.05) is 56.1 Å². The van der Waals surface area contributed by atoms with E-state index in [2.05, 4.69) is 10.3 Å². The van der Waals surface area contributed by atoms with Crippen LogP contribution in [0, 0.1) is 11.2 Å². The molecule has 206 valence electrons. The van der Waals surface area contributed by atoms with E-state index in [0.717, 1.165) is 22.0 Å². The van der Waals surface area contributed by atoms with E-state index in [1.807, 2.05) is 30.5 Å². The molecule has 2 aliphatic rings. The van der Waals surface area contributed by atoms with Crippen molar-refractivity contribution in [3.8, 4) is 0 Å². The van der Waals surface area contributed by atoms with Gasteiger partial charge in [0.25, 0.3) is 0 Å². The molecule has 2 aliphatic heterocycles. The maximum Gasteiger partial charge on any atom is 0.245 e. The maximum atomic E-state index is 14.1. The highest BCUT2D eigenvalue weighted by atomic mass is 19.1. The van der Waals surface area contributed by atoms with Gasteiger partial charge in [-0.1, -0.05) is 30.3 Å². The van der Waals surface area contributed by atoms with E-state index < -0.39 is 22.9 Å². The van der Waals surface area contributed by atoms with Gasteiger partial charge in [-0.25, -0.2) is 4.39 Å². The summed E-state index contributed by atoms with van der Waals surface area (Å²) in [6.45, 7) is 4.43. The molecule has 0 aliphatic carbocycles. The molecule has 3 aromatic rings. The zero-order valence-corrected chi connectivity index (χ0v) is 22.7. The number of nitrogens with two attached hydrogens (primary N) is 1. The summed E-state index contributed by atoms with van der Waals surface area (Å²) in [5, 5.41) is 3.88. The average Bonchev–Trinajstić information content (AvgIpc) is 3.42. The van der Waals surface area contributed by atoms with E-state index in [4.69, 9.17) is 5.73 Å². The second kappa shape index (κ2) is 10.1. The summed E-state index contributed by atoms with van der Waals surface area (Å²) in [4.78, 5) is 47.4. The third-order valence-electron chi connectivity index (χ3n) is 8.29. The average molecular weight is 534 g/mol. The summed E-state index contributed by atoms with van der Waals surface area (Å²) in [5.74, 6) is -1.17. The third-order valence-corrected chi connectivity index (χ3v) is 8.29. The number of aromatic amines is 1. The Morgan fingerprint density at radius 1 is 1.21 bits per heavy atom. The number of H-pyrrole nitrogens is 1. The first-order valence-electron chi connectivity index (χ1n) is 13.4. The van der Waals surface area contributed by atoms with Crippen LogP contribution in [0.5, 0.6) is 0 Å². The fraction of sp³-hybridized carbons (Fsp3) is 0.433. The number of likely N-dealkylation sites (tertiary alicyclic amines) is 2. The maximum absolute atomic E-state index is 14.1. The number of benzene rings is 2. The molecule has 5 rings (SSSR count). The Morgan fingerprint density at radius 2 is 1.92 bits per heavy atom. The summed E-state index contributed by atoms with van der Waals surface area (Å²) < 4.78 is 13.7. The number of carbonyl (C=O) groups is 3. The summed E-state index contributed by atoms with van der Waals surface area (Å²) in [6.07, 6.45) is 3.43. The van der Waals surface area contributed by atoms with Crippen LogP contribution in [-0.4, -0.2) is 70.8 Å². The Balaban J connectivity index is 1.45. The Morgan fingerprint density at radius 3 is 2.64 bits per heavy atom. The molecule has 0 bridgehead atoms. The number of nitrogens with one attached hydrogen (secondary N) is 2. The predicted octanol–water partition coefficient (Wildman–Crippen LogP) is 2.94. The molecule has 2 fully saturated rings. The van der Waals surface area contributed by atoms with Gasteiger partial charge in [0.1, 0.15) is 11.9 Å². The summed E-state index contributed by atoms with van der Waals surface area (Å²) in [6, 6.07) is 13.3. The number of amides is 3. The minimum atomic E-state index is -1.17. The largest absolute Gasteiger partial charge is 0.361 e. The van der Waals surface area contributed by atoms with Crippen LogP contribution in [0.25, 0.3) is 10.9 Å². The molecule has 3 heterocycles. The molecule has 9 heteroatoms. The van der Waals surface area contributed by atoms with Crippen molar-refractivity contribution in [2.75, 3.05) is 26.7 Å². The van der Waals surface area contributed by atoms with Gasteiger partial charge < -0.3 is 25.8 Å². The number of piperidine rings is 1. The molecule has 0 saturated carbocycles. The van der Waals surface area contributed by atoms with Crippen LogP contribution in [0.3, 0.4) is 0 Å².